The van der Waals surface area contributed by atoms with E-state index in [0.29, 0.717) is 30.2 Å². The summed E-state index contributed by atoms with van der Waals surface area (Å²) in [6, 6.07) is 4.84. The number of carbonyl (C=O) groups excluding carboxylic acids is 2. The van der Waals surface area contributed by atoms with Crippen molar-refractivity contribution >= 4 is 17.6 Å². The molecule has 0 aromatic heterocycles. The van der Waals surface area contributed by atoms with Crippen molar-refractivity contribution < 1.29 is 19.1 Å². The fraction of sp³-hybridized carbons (Fsp3) is 0.231. The lowest BCUT2D eigenvalue weighted by molar-refractivity contribution is -0.114. The highest BCUT2D eigenvalue weighted by molar-refractivity contribution is 6.03. The van der Waals surface area contributed by atoms with Crippen molar-refractivity contribution in [2.24, 2.45) is 0 Å². The predicted octanol–water partition coefficient (Wildman–Crippen LogP) is 1.38. The van der Waals surface area contributed by atoms with Gasteiger partial charge in [-0.2, -0.15) is 0 Å². The normalized spacial score (nSPS) is 13.3. The molecule has 2 rings (SSSR count). The molecule has 0 radical (unpaired) electrons. The summed E-state index contributed by atoms with van der Waals surface area (Å²) in [5.41, 5.74) is 1.03. The van der Waals surface area contributed by atoms with E-state index < -0.39 is 5.97 Å². The first kappa shape index (κ1) is 12.2. The van der Waals surface area contributed by atoms with Crippen molar-refractivity contribution in [2.75, 3.05) is 25.2 Å². The van der Waals surface area contributed by atoms with Crippen LogP contribution >= 0.6 is 0 Å². The third kappa shape index (κ3) is 2.07. The summed E-state index contributed by atoms with van der Waals surface area (Å²) in [4.78, 5) is 24.6. The molecule has 0 saturated heterocycles. The van der Waals surface area contributed by atoms with Crippen molar-refractivity contribution in [3.63, 3.8) is 0 Å². The largest absolute Gasteiger partial charge is 0.490 e. The van der Waals surface area contributed by atoms with Gasteiger partial charge in [0.25, 0.3) is 5.91 Å². The number of ether oxygens (including phenoxy) is 2. The van der Waals surface area contributed by atoms with Gasteiger partial charge in [0.2, 0.25) is 0 Å². The maximum absolute atomic E-state index is 11.7. The van der Waals surface area contributed by atoms with Gasteiger partial charge in [0, 0.05) is 0 Å². The Morgan fingerprint density at radius 3 is 2.94 bits per heavy atom. The van der Waals surface area contributed by atoms with Gasteiger partial charge in [-0.15, -0.1) is 0 Å². The number of rotatable bonds is 2. The number of esters is 1. The number of hydrogen-bond donors (Lipinski definition) is 0. The Labute approximate surface area is 105 Å². The van der Waals surface area contributed by atoms with Crippen LogP contribution in [0.3, 0.4) is 0 Å². The second kappa shape index (κ2) is 4.91. The highest BCUT2D eigenvalue weighted by Crippen LogP contribution is 2.32. The fourth-order valence-corrected chi connectivity index (χ4v) is 1.80. The molecular weight excluding hydrogens is 234 g/mol. The van der Waals surface area contributed by atoms with Gasteiger partial charge in [-0.1, -0.05) is 6.58 Å². The van der Waals surface area contributed by atoms with Crippen LogP contribution in [-0.4, -0.2) is 32.1 Å². The first-order valence-electron chi connectivity index (χ1n) is 5.46. The summed E-state index contributed by atoms with van der Waals surface area (Å²) in [5.74, 6) is -0.127. The van der Waals surface area contributed by atoms with Crippen molar-refractivity contribution in [2.45, 2.75) is 0 Å². The standard InChI is InChI=1S/C13H13NO4/c1-3-12(15)14-6-7-18-11-8-9(13(16)17-2)4-5-10(11)14/h3-5,8H,1,6-7H2,2H3. The van der Waals surface area contributed by atoms with E-state index in [1.165, 1.54) is 13.2 Å². The summed E-state index contributed by atoms with van der Waals surface area (Å²) in [5, 5.41) is 0. The Hall–Kier alpha value is -2.30. The molecule has 0 unspecified atom stereocenters. The minimum atomic E-state index is -0.437. The van der Waals surface area contributed by atoms with Crippen LogP contribution in [-0.2, 0) is 9.53 Å². The van der Waals surface area contributed by atoms with E-state index in [1.807, 2.05) is 0 Å². The van der Waals surface area contributed by atoms with E-state index in [-0.39, 0.29) is 5.91 Å². The van der Waals surface area contributed by atoms with Crippen LogP contribution in [0.4, 0.5) is 5.69 Å². The van der Waals surface area contributed by atoms with E-state index in [4.69, 9.17) is 4.74 Å². The first-order chi connectivity index (χ1) is 8.67. The van der Waals surface area contributed by atoms with Gasteiger partial charge >= 0.3 is 5.97 Å². The van der Waals surface area contributed by atoms with Crippen LogP contribution in [0.1, 0.15) is 10.4 Å². The molecule has 1 aliphatic rings. The molecule has 0 atom stereocenters. The topological polar surface area (TPSA) is 55.8 Å². The number of methoxy groups -OCH3 is 1. The highest BCUT2D eigenvalue weighted by Gasteiger charge is 2.23. The van der Waals surface area contributed by atoms with Crippen molar-refractivity contribution in [1.29, 1.82) is 0 Å². The van der Waals surface area contributed by atoms with Gasteiger partial charge < -0.3 is 14.4 Å². The third-order valence-corrected chi connectivity index (χ3v) is 2.68. The Morgan fingerprint density at radius 2 is 2.28 bits per heavy atom. The minimum Gasteiger partial charge on any atom is -0.490 e. The molecular formula is C13H13NO4. The second-order valence-electron chi connectivity index (χ2n) is 3.72. The molecule has 0 bridgehead atoms. The second-order valence-corrected chi connectivity index (χ2v) is 3.72. The van der Waals surface area contributed by atoms with E-state index >= 15 is 0 Å². The molecule has 5 nitrogen and oxygen atoms in total. The van der Waals surface area contributed by atoms with Crippen LogP contribution in [0, 0.1) is 0 Å². The Balaban J connectivity index is 2.39. The highest BCUT2D eigenvalue weighted by atomic mass is 16.5. The number of carbonyl (C=O) groups is 2. The lowest BCUT2D eigenvalue weighted by atomic mass is 10.1. The molecule has 1 heterocycles. The summed E-state index contributed by atoms with van der Waals surface area (Å²) >= 11 is 0. The SMILES string of the molecule is C=CC(=O)N1CCOc2cc(C(=O)OC)ccc21. The number of amides is 1. The number of nitrogens with zero attached hydrogens (tertiary/aromatic N) is 1. The number of hydrogen-bond acceptors (Lipinski definition) is 4. The smallest absolute Gasteiger partial charge is 0.337 e. The van der Waals surface area contributed by atoms with Crippen molar-refractivity contribution in [3.8, 4) is 5.75 Å². The van der Waals surface area contributed by atoms with Gasteiger partial charge in [-0.3, -0.25) is 4.79 Å². The van der Waals surface area contributed by atoms with Crippen LogP contribution in [0.15, 0.2) is 30.9 Å². The minimum absolute atomic E-state index is 0.189. The maximum Gasteiger partial charge on any atom is 0.337 e. The number of benzene rings is 1. The monoisotopic (exact) mass is 247 g/mol. The molecule has 0 saturated carbocycles. The first-order valence-corrected chi connectivity index (χ1v) is 5.46. The van der Waals surface area contributed by atoms with Gasteiger partial charge in [0.05, 0.1) is 24.9 Å². The van der Waals surface area contributed by atoms with Gasteiger partial charge in [-0.05, 0) is 24.3 Å². The fourth-order valence-electron chi connectivity index (χ4n) is 1.80. The molecule has 1 aromatic rings. The van der Waals surface area contributed by atoms with Crippen molar-refractivity contribution in [1.82, 2.24) is 0 Å². The van der Waals surface area contributed by atoms with Crippen LogP contribution in [0.5, 0.6) is 5.75 Å². The molecule has 0 spiro atoms. The van der Waals surface area contributed by atoms with E-state index in [9.17, 15) is 9.59 Å². The van der Waals surface area contributed by atoms with Gasteiger partial charge in [-0.25, -0.2) is 4.79 Å². The van der Waals surface area contributed by atoms with Crippen LogP contribution in [0.25, 0.3) is 0 Å². The lowest BCUT2D eigenvalue weighted by Crippen LogP contribution is -2.36. The Kier molecular flexibility index (Phi) is 3.32. The average molecular weight is 247 g/mol. The molecule has 1 aliphatic heterocycles. The van der Waals surface area contributed by atoms with E-state index in [0.717, 1.165) is 0 Å². The molecule has 0 fully saturated rings. The summed E-state index contributed by atoms with van der Waals surface area (Å²) in [6.45, 7) is 4.32. The summed E-state index contributed by atoms with van der Waals surface area (Å²) in [6.07, 6.45) is 1.25. The number of fused-ring (bicyclic) bond motifs is 1. The van der Waals surface area contributed by atoms with Gasteiger partial charge in [0.1, 0.15) is 12.4 Å². The Bertz CT molecular complexity index is 510. The quantitative estimate of drug-likeness (QED) is 0.585. The van der Waals surface area contributed by atoms with Crippen molar-refractivity contribution in [3.05, 3.63) is 36.4 Å². The van der Waals surface area contributed by atoms with E-state index in [2.05, 4.69) is 11.3 Å². The zero-order chi connectivity index (χ0) is 13.1. The zero-order valence-electron chi connectivity index (χ0n) is 10.0. The summed E-state index contributed by atoms with van der Waals surface area (Å²) < 4.78 is 10.1. The Morgan fingerprint density at radius 1 is 1.50 bits per heavy atom. The molecule has 0 aliphatic carbocycles. The molecule has 5 heteroatoms. The van der Waals surface area contributed by atoms with Crippen LogP contribution in [0.2, 0.25) is 0 Å². The van der Waals surface area contributed by atoms with E-state index in [1.54, 1.807) is 23.1 Å². The van der Waals surface area contributed by atoms with Gasteiger partial charge in [0.15, 0.2) is 0 Å². The molecule has 18 heavy (non-hydrogen) atoms. The molecule has 1 aromatic carbocycles. The molecule has 94 valence electrons. The predicted molar refractivity (Wildman–Crippen MR) is 65.8 cm³/mol. The van der Waals surface area contributed by atoms with Crippen LogP contribution < -0.4 is 9.64 Å². The molecule has 0 N–H and O–H groups in total. The summed E-state index contributed by atoms with van der Waals surface area (Å²) in [7, 11) is 1.32. The average Bonchev–Trinajstić information content (AvgIpc) is 2.44. The third-order valence-electron chi connectivity index (χ3n) is 2.68. The maximum atomic E-state index is 11.7. The zero-order valence-corrected chi connectivity index (χ0v) is 10.0. The lowest BCUT2D eigenvalue weighted by Gasteiger charge is -2.28. The molecule has 1 amide bonds. The number of anilines is 1.